The van der Waals surface area contributed by atoms with Gasteiger partial charge in [-0.3, -0.25) is 9.59 Å². The molecule has 0 aromatic heterocycles. The van der Waals surface area contributed by atoms with Crippen molar-refractivity contribution in [2.45, 2.75) is 19.3 Å². The molecular formula is C26H27BrN2O3. The van der Waals surface area contributed by atoms with Gasteiger partial charge in [0.15, 0.2) is 0 Å². The molecule has 166 valence electrons. The molecule has 1 aliphatic rings. The summed E-state index contributed by atoms with van der Waals surface area (Å²) in [4.78, 5) is 26.5. The van der Waals surface area contributed by atoms with E-state index in [1.807, 2.05) is 12.1 Å². The van der Waals surface area contributed by atoms with Gasteiger partial charge in [0.05, 0.1) is 11.3 Å². The summed E-state index contributed by atoms with van der Waals surface area (Å²) in [7, 11) is 0. The van der Waals surface area contributed by atoms with E-state index in [0.29, 0.717) is 12.0 Å². The van der Waals surface area contributed by atoms with E-state index in [4.69, 9.17) is 0 Å². The number of hydrogen-bond donors (Lipinski definition) is 2. The van der Waals surface area contributed by atoms with Crippen molar-refractivity contribution in [3.05, 3.63) is 95.1 Å². The van der Waals surface area contributed by atoms with Gasteiger partial charge in [0.2, 0.25) is 0 Å². The van der Waals surface area contributed by atoms with Gasteiger partial charge in [-0.05, 0) is 42.0 Å². The third-order valence-corrected chi connectivity index (χ3v) is 5.76. The van der Waals surface area contributed by atoms with Gasteiger partial charge in [0.25, 0.3) is 11.7 Å². The number of carbonyl (C=O) groups is 2. The molecule has 1 heterocycles. The number of benzene rings is 3. The molecule has 0 radical (unpaired) electrons. The molecule has 0 saturated carbocycles. The molecule has 0 aliphatic carbocycles. The van der Waals surface area contributed by atoms with Crippen LogP contribution in [0.4, 0.5) is 5.69 Å². The summed E-state index contributed by atoms with van der Waals surface area (Å²) in [6, 6.07) is 24.1. The molecule has 4 rings (SSSR count). The minimum absolute atomic E-state index is 0. The number of nitrogens with one attached hydrogen (secondary N) is 1. The van der Waals surface area contributed by atoms with Gasteiger partial charge in [-0.25, -0.2) is 0 Å². The van der Waals surface area contributed by atoms with Gasteiger partial charge >= 0.3 is 0 Å². The average Bonchev–Trinajstić information content (AvgIpc) is 3.11. The number of hydrogen-bond acceptors (Lipinski definition) is 4. The minimum atomic E-state index is -0.678. The fourth-order valence-corrected chi connectivity index (χ4v) is 3.99. The van der Waals surface area contributed by atoms with E-state index in [1.54, 1.807) is 12.1 Å². The van der Waals surface area contributed by atoms with Crippen LogP contribution in [0.2, 0.25) is 0 Å². The van der Waals surface area contributed by atoms with Crippen LogP contribution in [0.3, 0.4) is 0 Å². The fourth-order valence-electron chi connectivity index (χ4n) is 3.99. The van der Waals surface area contributed by atoms with Gasteiger partial charge < -0.3 is 15.3 Å². The third kappa shape index (κ3) is 5.64. The zero-order valence-electron chi connectivity index (χ0n) is 17.8. The summed E-state index contributed by atoms with van der Waals surface area (Å²) in [5.74, 6) is -1.31. The number of Topliss-reactive ketones (excluding diaryl/α,β-unsaturated/α-hetero) is 1. The zero-order chi connectivity index (χ0) is 21.6. The molecule has 32 heavy (non-hydrogen) atoms. The standard InChI is InChI=1S/C26H26N2O3.BrH/c29-22-12-11-21(23-24(22)27-26(31)25(23)30)15-18-28(16-13-19-7-3-1-4-8-19)17-14-20-9-5-2-6-10-20;/h1-12,29H,13-18H2,(H,27,30,31);1H. The molecule has 1 aliphatic heterocycles. The van der Waals surface area contributed by atoms with Gasteiger partial charge in [0, 0.05) is 19.6 Å². The second kappa shape index (κ2) is 11.1. The predicted molar refractivity (Wildman–Crippen MR) is 132 cm³/mol. The SMILES string of the molecule is Br.O=C1Nc2c(O)ccc(CCN(CCc3ccccc3)CCc3ccccc3)c2C1=O. The van der Waals surface area contributed by atoms with Crippen LogP contribution in [0.15, 0.2) is 72.8 Å². The molecule has 5 nitrogen and oxygen atoms in total. The second-order valence-corrected chi connectivity index (χ2v) is 7.84. The molecule has 0 fully saturated rings. The lowest BCUT2D eigenvalue weighted by molar-refractivity contribution is -0.112. The number of ketones is 1. The Morgan fingerprint density at radius 2 is 1.25 bits per heavy atom. The van der Waals surface area contributed by atoms with Crippen molar-refractivity contribution in [2.75, 3.05) is 25.0 Å². The molecule has 3 aromatic carbocycles. The number of phenols is 1. The average molecular weight is 495 g/mol. The highest BCUT2D eigenvalue weighted by atomic mass is 79.9. The Bertz CT molecular complexity index is 1030. The lowest BCUT2D eigenvalue weighted by Gasteiger charge is -2.23. The highest BCUT2D eigenvalue weighted by Crippen LogP contribution is 2.35. The van der Waals surface area contributed by atoms with Crippen LogP contribution in [0.1, 0.15) is 27.0 Å². The quantitative estimate of drug-likeness (QED) is 0.340. The first kappa shape index (κ1) is 23.7. The fraction of sp³-hybridized carbons (Fsp3) is 0.231. The van der Waals surface area contributed by atoms with Crippen LogP contribution in [0.25, 0.3) is 0 Å². The Labute approximate surface area is 198 Å². The van der Waals surface area contributed by atoms with Crippen molar-refractivity contribution >= 4 is 34.4 Å². The first-order valence-electron chi connectivity index (χ1n) is 10.6. The van der Waals surface area contributed by atoms with E-state index < -0.39 is 11.7 Å². The summed E-state index contributed by atoms with van der Waals surface area (Å²) in [5, 5.41) is 12.5. The maximum absolute atomic E-state index is 12.3. The molecule has 0 atom stereocenters. The Hall–Kier alpha value is -2.96. The first-order valence-corrected chi connectivity index (χ1v) is 10.6. The highest BCUT2D eigenvalue weighted by molar-refractivity contribution is 8.93. The van der Waals surface area contributed by atoms with E-state index in [1.165, 1.54) is 11.1 Å². The largest absolute Gasteiger partial charge is 0.506 e. The van der Waals surface area contributed by atoms with Crippen molar-refractivity contribution in [2.24, 2.45) is 0 Å². The van der Waals surface area contributed by atoms with Crippen LogP contribution in [0.5, 0.6) is 5.75 Å². The Morgan fingerprint density at radius 3 is 1.81 bits per heavy atom. The Kier molecular flexibility index (Phi) is 8.20. The molecule has 0 saturated heterocycles. The molecule has 0 spiro atoms. The molecule has 3 aromatic rings. The van der Waals surface area contributed by atoms with Crippen molar-refractivity contribution in [3.8, 4) is 5.75 Å². The number of fused-ring (bicyclic) bond motifs is 1. The van der Waals surface area contributed by atoms with E-state index >= 15 is 0 Å². The first-order chi connectivity index (χ1) is 15.1. The van der Waals surface area contributed by atoms with Gasteiger partial charge in [-0.2, -0.15) is 0 Å². The molecule has 0 unspecified atom stereocenters. The number of anilines is 1. The number of rotatable bonds is 9. The second-order valence-electron chi connectivity index (χ2n) is 7.84. The number of amides is 1. The summed E-state index contributed by atoms with van der Waals surface area (Å²) < 4.78 is 0. The van der Waals surface area contributed by atoms with E-state index in [9.17, 15) is 14.7 Å². The molecule has 0 bridgehead atoms. The van der Waals surface area contributed by atoms with Gasteiger partial charge in [-0.1, -0.05) is 66.7 Å². The van der Waals surface area contributed by atoms with Gasteiger partial charge in [0.1, 0.15) is 5.75 Å². The number of phenolic OH excluding ortho intramolecular Hbond substituents is 1. The van der Waals surface area contributed by atoms with Crippen LogP contribution in [0, 0.1) is 0 Å². The highest BCUT2D eigenvalue weighted by Gasteiger charge is 2.32. The van der Waals surface area contributed by atoms with E-state index in [-0.39, 0.29) is 28.4 Å². The molecule has 2 N–H and O–H groups in total. The smallest absolute Gasteiger partial charge is 0.296 e. The third-order valence-electron chi connectivity index (χ3n) is 5.76. The van der Waals surface area contributed by atoms with Crippen LogP contribution < -0.4 is 5.32 Å². The topological polar surface area (TPSA) is 69.6 Å². The zero-order valence-corrected chi connectivity index (χ0v) is 19.5. The lowest BCUT2D eigenvalue weighted by atomic mass is 10.00. The number of halogens is 1. The molecule has 6 heteroatoms. The van der Waals surface area contributed by atoms with Crippen molar-refractivity contribution < 1.29 is 14.7 Å². The van der Waals surface area contributed by atoms with Crippen LogP contribution >= 0.6 is 17.0 Å². The van der Waals surface area contributed by atoms with Crippen molar-refractivity contribution in [3.63, 3.8) is 0 Å². The van der Waals surface area contributed by atoms with Crippen molar-refractivity contribution in [1.82, 2.24) is 4.90 Å². The Morgan fingerprint density at radius 1 is 0.719 bits per heavy atom. The summed E-state index contributed by atoms with van der Waals surface area (Å²) in [6.07, 6.45) is 2.53. The molecular weight excluding hydrogens is 468 g/mol. The lowest BCUT2D eigenvalue weighted by Crippen LogP contribution is -2.31. The number of nitrogens with zero attached hydrogens (tertiary/aromatic N) is 1. The van der Waals surface area contributed by atoms with E-state index in [0.717, 1.165) is 38.0 Å². The molecule has 1 amide bonds. The summed E-state index contributed by atoms with van der Waals surface area (Å²) in [5.41, 5.74) is 3.94. The van der Waals surface area contributed by atoms with Gasteiger partial charge in [-0.15, -0.1) is 17.0 Å². The normalized spacial score (nSPS) is 12.4. The monoisotopic (exact) mass is 494 g/mol. The van der Waals surface area contributed by atoms with E-state index in [2.05, 4.69) is 58.7 Å². The maximum atomic E-state index is 12.3. The van der Waals surface area contributed by atoms with Crippen molar-refractivity contribution in [1.29, 1.82) is 0 Å². The minimum Gasteiger partial charge on any atom is -0.506 e. The number of carbonyl (C=O) groups excluding carboxylic acids is 2. The Balaban J connectivity index is 0.00000289. The summed E-state index contributed by atoms with van der Waals surface area (Å²) >= 11 is 0. The summed E-state index contributed by atoms with van der Waals surface area (Å²) in [6.45, 7) is 2.57. The van der Waals surface area contributed by atoms with Crippen LogP contribution in [-0.4, -0.2) is 41.3 Å². The number of aromatic hydroxyl groups is 1. The van der Waals surface area contributed by atoms with Crippen LogP contribution in [-0.2, 0) is 24.1 Å². The maximum Gasteiger partial charge on any atom is 0.296 e. The predicted octanol–water partition coefficient (Wildman–Crippen LogP) is 4.43.